The van der Waals surface area contributed by atoms with Crippen molar-refractivity contribution in [3.8, 4) is 0 Å². The van der Waals surface area contributed by atoms with E-state index in [-0.39, 0.29) is 31.1 Å². The van der Waals surface area contributed by atoms with Crippen LogP contribution in [-0.4, -0.2) is 13.1 Å². The molecule has 3 N–H and O–H groups in total. The first-order valence-corrected chi connectivity index (χ1v) is 4.70. The Balaban J connectivity index is 0.00000144. The Bertz CT molecular complexity index is 415. The van der Waals surface area contributed by atoms with Crippen LogP contribution in [0.25, 0.3) is 0 Å². The van der Waals surface area contributed by atoms with Crippen molar-refractivity contribution in [3.63, 3.8) is 0 Å². The highest BCUT2D eigenvalue weighted by Crippen LogP contribution is 2.37. The number of rotatable bonds is 1. The Morgan fingerprint density at radius 1 is 1.24 bits per heavy atom. The Kier molecular flexibility index (Phi) is 3.71. The molecule has 1 aliphatic rings. The molecule has 17 heavy (non-hydrogen) atoms. The molecule has 0 aromatic heterocycles. The topological polar surface area (TPSA) is 38.0 Å². The first-order chi connectivity index (χ1) is 7.33. The number of nitrogens with two attached hydrogens (primary N) is 1. The minimum absolute atomic E-state index is 0. The van der Waals surface area contributed by atoms with Crippen LogP contribution in [0.4, 0.5) is 17.6 Å². The molecule has 0 spiro atoms. The van der Waals surface area contributed by atoms with Crippen molar-refractivity contribution in [2.45, 2.75) is 11.7 Å². The van der Waals surface area contributed by atoms with Gasteiger partial charge in [0.05, 0.1) is 11.1 Å². The minimum atomic E-state index is -4.51. The summed E-state index contributed by atoms with van der Waals surface area (Å²) in [6, 6.07) is 2.39. The SMILES string of the molecule is Cl.NC1(c2cc(F)ccc2C(F)(F)F)CNC1. The molecule has 2 rings (SSSR count). The van der Waals surface area contributed by atoms with Crippen molar-refractivity contribution in [3.05, 3.63) is 35.1 Å². The largest absolute Gasteiger partial charge is 0.416 e. The van der Waals surface area contributed by atoms with Crippen LogP contribution < -0.4 is 11.1 Å². The summed E-state index contributed by atoms with van der Waals surface area (Å²) in [5.74, 6) is -0.709. The highest BCUT2D eigenvalue weighted by molar-refractivity contribution is 5.85. The fourth-order valence-electron chi connectivity index (χ4n) is 1.76. The van der Waals surface area contributed by atoms with E-state index in [1.54, 1.807) is 0 Å². The molecule has 0 saturated carbocycles. The molecule has 96 valence electrons. The quantitative estimate of drug-likeness (QED) is 0.767. The second kappa shape index (κ2) is 4.44. The third-order valence-corrected chi connectivity index (χ3v) is 2.70. The Morgan fingerprint density at radius 2 is 1.82 bits per heavy atom. The molecular formula is C10H11ClF4N2. The van der Waals surface area contributed by atoms with Gasteiger partial charge in [0.2, 0.25) is 0 Å². The van der Waals surface area contributed by atoms with Crippen LogP contribution in [-0.2, 0) is 11.7 Å². The van der Waals surface area contributed by atoms with Gasteiger partial charge in [0.1, 0.15) is 5.82 Å². The molecule has 0 bridgehead atoms. The van der Waals surface area contributed by atoms with Gasteiger partial charge in [-0.1, -0.05) is 0 Å². The van der Waals surface area contributed by atoms with Crippen molar-refractivity contribution < 1.29 is 17.6 Å². The lowest BCUT2D eigenvalue weighted by molar-refractivity contribution is -0.139. The Morgan fingerprint density at radius 3 is 2.24 bits per heavy atom. The molecule has 0 unspecified atom stereocenters. The van der Waals surface area contributed by atoms with Crippen LogP contribution in [0.2, 0.25) is 0 Å². The van der Waals surface area contributed by atoms with Crippen molar-refractivity contribution in [1.29, 1.82) is 0 Å². The molecule has 1 heterocycles. The summed E-state index contributed by atoms with van der Waals surface area (Å²) >= 11 is 0. The van der Waals surface area contributed by atoms with E-state index in [9.17, 15) is 17.6 Å². The van der Waals surface area contributed by atoms with Crippen LogP contribution in [0.5, 0.6) is 0 Å². The number of hydrogen-bond acceptors (Lipinski definition) is 2. The molecule has 0 atom stereocenters. The van der Waals surface area contributed by atoms with E-state index in [1.165, 1.54) is 0 Å². The number of nitrogens with one attached hydrogen (secondary N) is 1. The summed E-state index contributed by atoms with van der Waals surface area (Å²) in [5, 5.41) is 2.78. The van der Waals surface area contributed by atoms with Crippen LogP contribution in [0, 0.1) is 5.82 Å². The molecule has 0 aliphatic carbocycles. The number of halogens is 5. The standard InChI is InChI=1S/C10H10F4N2.ClH/c11-6-1-2-7(10(12,13)14)8(3-6)9(15)4-16-5-9;/h1-3,16H,4-5,15H2;1H. The summed E-state index contributed by atoms with van der Waals surface area (Å²) in [6.07, 6.45) is -4.51. The molecule has 1 aliphatic heterocycles. The van der Waals surface area contributed by atoms with E-state index in [4.69, 9.17) is 5.73 Å². The lowest BCUT2D eigenvalue weighted by Gasteiger charge is -2.40. The maximum atomic E-state index is 13.0. The maximum absolute atomic E-state index is 13.0. The Hall–Kier alpha value is -0.850. The van der Waals surface area contributed by atoms with E-state index in [0.717, 1.165) is 18.2 Å². The highest BCUT2D eigenvalue weighted by Gasteiger charge is 2.43. The van der Waals surface area contributed by atoms with E-state index in [2.05, 4.69) is 5.32 Å². The zero-order chi connectivity index (χ0) is 12.0. The lowest BCUT2D eigenvalue weighted by Crippen LogP contribution is -2.63. The number of hydrogen-bond donors (Lipinski definition) is 2. The molecule has 1 aromatic rings. The first kappa shape index (κ1) is 14.2. The Labute approximate surface area is 102 Å². The van der Waals surface area contributed by atoms with Crippen molar-refractivity contribution in [2.24, 2.45) is 5.73 Å². The van der Waals surface area contributed by atoms with Gasteiger partial charge in [-0.15, -0.1) is 12.4 Å². The average molecular weight is 271 g/mol. The van der Waals surface area contributed by atoms with Gasteiger partial charge in [-0.3, -0.25) is 0 Å². The van der Waals surface area contributed by atoms with Gasteiger partial charge >= 0.3 is 6.18 Å². The van der Waals surface area contributed by atoms with Gasteiger partial charge in [0, 0.05) is 13.1 Å². The van der Waals surface area contributed by atoms with Crippen LogP contribution in [0.3, 0.4) is 0 Å². The fraction of sp³-hybridized carbons (Fsp3) is 0.400. The second-order valence-corrected chi connectivity index (χ2v) is 3.95. The molecule has 1 fully saturated rings. The lowest BCUT2D eigenvalue weighted by atomic mass is 9.82. The van der Waals surface area contributed by atoms with E-state index in [1.807, 2.05) is 0 Å². The van der Waals surface area contributed by atoms with Gasteiger partial charge in [-0.2, -0.15) is 13.2 Å². The summed E-state index contributed by atoms with van der Waals surface area (Å²) in [6.45, 7) is 0.444. The summed E-state index contributed by atoms with van der Waals surface area (Å²) < 4.78 is 51.0. The molecule has 0 radical (unpaired) electrons. The number of alkyl halides is 3. The average Bonchev–Trinajstić information content (AvgIpc) is 2.12. The summed E-state index contributed by atoms with van der Waals surface area (Å²) in [5.41, 5.74) is 3.60. The monoisotopic (exact) mass is 270 g/mol. The molecule has 0 amide bonds. The van der Waals surface area contributed by atoms with Gasteiger partial charge in [-0.05, 0) is 23.8 Å². The van der Waals surface area contributed by atoms with E-state index < -0.39 is 23.1 Å². The number of benzene rings is 1. The third kappa shape index (κ3) is 2.53. The third-order valence-electron chi connectivity index (χ3n) is 2.70. The van der Waals surface area contributed by atoms with Crippen molar-refractivity contribution >= 4 is 12.4 Å². The van der Waals surface area contributed by atoms with E-state index in [0.29, 0.717) is 0 Å². The van der Waals surface area contributed by atoms with Gasteiger partial charge in [0.15, 0.2) is 0 Å². The van der Waals surface area contributed by atoms with Crippen molar-refractivity contribution in [1.82, 2.24) is 5.32 Å². The normalized spacial score (nSPS) is 18.2. The van der Waals surface area contributed by atoms with Crippen LogP contribution in [0.15, 0.2) is 18.2 Å². The molecular weight excluding hydrogens is 260 g/mol. The second-order valence-electron chi connectivity index (χ2n) is 3.95. The maximum Gasteiger partial charge on any atom is 0.416 e. The zero-order valence-corrected chi connectivity index (χ0v) is 9.46. The predicted octanol–water partition coefficient (Wildman–Crippen LogP) is 2.02. The molecule has 1 saturated heterocycles. The summed E-state index contributed by atoms with van der Waals surface area (Å²) in [7, 11) is 0. The van der Waals surface area contributed by atoms with Crippen LogP contribution >= 0.6 is 12.4 Å². The van der Waals surface area contributed by atoms with Gasteiger partial charge in [0.25, 0.3) is 0 Å². The van der Waals surface area contributed by atoms with Crippen LogP contribution in [0.1, 0.15) is 11.1 Å². The van der Waals surface area contributed by atoms with Gasteiger partial charge in [-0.25, -0.2) is 4.39 Å². The van der Waals surface area contributed by atoms with Crippen molar-refractivity contribution in [2.75, 3.05) is 13.1 Å². The molecule has 7 heteroatoms. The highest BCUT2D eigenvalue weighted by atomic mass is 35.5. The first-order valence-electron chi connectivity index (χ1n) is 4.70. The predicted molar refractivity (Wildman–Crippen MR) is 57.4 cm³/mol. The van der Waals surface area contributed by atoms with E-state index >= 15 is 0 Å². The van der Waals surface area contributed by atoms with Gasteiger partial charge < -0.3 is 11.1 Å². The summed E-state index contributed by atoms with van der Waals surface area (Å²) in [4.78, 5) is 0. The molecule has 1 aromatic carbocycles. The zero-order valence-electron chi connectivity index (χ0n) is 8.64. The smallest absolute Gasteiger partial charge is 0.319 e. The minimum Gasteiger partial charge on any atom is -0.319 e. The fourth-order valence-corrected chi connectivity index (χ4v) is 1.76. The molecule has 2 nitrogen and oxygen atoms in total.